The van der Waals surface area contributed by atoms with Crippen molar-refractivity contribution in [2.24, 2.45) is 0 Å². The summed E-state index contributed by atoms with van der Waals surface area (Å²) in [6.45, 7) is 1.70. The summed E-state index contributed by atoms with van der Waals surface area (Å²) >= 11 is 1.54. The SMILES string of the molecule is COc1ccccc1C(=O)c1c(NC(=O)CN2CCC(O)CC2)sc2c1CCCC2. The summed E-state index contributed by atoms with van der Waals surface area (Å²) in [5.74, 6) is 0.338. The van der Waals surface area contributed by atoms with Gasteiger partial charge >= 0.3 is 0 Å². The van der Waals surface area contributed by atoms with Gasteiger partial charge in [-0.15, -0.1) is 11.3 Å². The van der Waals surface area contributed by atoms with Crippen LogP contribution in [-0.4, -0.2) is 54.5 Å². The molecule has 7 heteroatoms. The molecule has 2 aliphatic rings. The highest BCUT2D eigenvalue weighted by Gasteiger charge is 2.29. The highest BCUT2D eigenvalue weighted by atomic mass is 32.1. The minimum atomic E-state index is -0.265. The van der Waals surface area contributed by atoms with Gasteiger partial charge < -0.3 is 15.2 Å². The summed E-state index contributed by atoms with van der Waals surface area (Å²) in [6.07, 6.45) is 5.10. The number of anilines is 1. The first-order valence-corrected chi connectivity index (χ1v) is 11.4. The van der Waals surface area contributed by atoms with Crippen LogP contribution in [0.2, 0.25) is 0 Å². The number of piperidine rings is 1. The van der Waals surface area contributed by atoms with Gasteiger partial charge in [0, 0.05) is 18.0 Å². The molecule has 1 saturated heterocycles. The van der Waals surface area contributed by atoms with Crippen molar-refractivity contribution in [3.63, 3.8) is 0 Å². The first-order valence-electron chi connectivity index (χ1n) is 10.6. The van der Waals surface area contributed by atoms with Crippen LogP contribution in [0.5, 0.6) is 5.75 Å². The topological polar surface area (TPSA) is 78.9 Å². The van der Waals surface area contributed by atoms with Crippen LogP contribution in [0.1, 0.15) is 52.0 Å². The molecule has 1 aromatic carbocycles. The van der Waals surface area contributed by atoms with E-state index in [-0.39, 0.29) is 24.3 Å². The third-order valence-corrected chi connectivity index (χ3v) is 7.13. The molecule has 30 heavy (non-hydrogen) atoms. The lowest BCUT2D eigenvalue weighted by Crippen LogP contribution is -2.40. The van der Waals surface area contributed by atoms with Crippen molar-refractivity contribution in [3.05, 3.63) is 45.8 Å². The number of aryl methyl sites for hydroxylation is 1. The van der Waals surface area contributed by atoms with Gasteiger partial charge in [-0.25, -0.2) is 0 Å². The molecule has 0 unspecified atom stereocenters. The van der Waals surface area contributed by atoms with E-state index in [0.29, 0.717) is 47.8 Å². The van der Waals surface area contributed by atoms with Crippen molar-refractivity contribution in [2.75, 3.05) is 32.1 Å². The van der Waals surface area contributed by atoms with E-state index < -0.39 is 0 Å². The van der Waals surface area contributed by atoms with Gasteiger partial charge in [-0.1, -0.05) is 12.1 Å². The fourth-order valence-electron chi connectivity index (χ4n) is 4.31. The number of ketones is 1. The molecule has 2 heterocycles. The van der Waals surface area contributed by atoms with Crippen LogP contribution in [-0.2, 0) is 17.6 Å². The molecule has 2 N–H and O–H groups in total. The lowest BCUT2D eigenvalue weighted by Gasteiger charge is -2.28. The molecular weight excluding hydrogens is 400 g/mol. The van der Waals surface area contributed by atoms with E-state index in [0.717, 1.165) is 31.2 Å². The first kappa shape index (κ1) is 21.0. The fraction of sp³-hybridized carbons (Fsp3) is 0.478. The number of nitrogens with zero attached hydrogens (tertiary/aromatic N) is 1. The molecule has 160 valence electrons. The van der Waals surface area contributed by atoms with E-state index >= 15 is 0 Å². The minimum Gasteiger partial charge on any atom is -0.496 e. The number of aliphatic hydroxyl groups excluding tert-OH is 1. The Hall–Kier alpha value is -2.22. The molecule has 6 nitrogen and oxygen atoms in total. The summed E-state index contributed by atoms with van der Waals surface area (Å²) in [4.78, 5) is 29.5. The molecule has 1 aliphatic heterocycles. The largest absolute Gasteiger partial charge is 0.496 e. The Kier molecular flexibility index (Phi) is 6.51. The highest BCUT2D eigenvalue weighted by Crippen LogP contribution is 2.40. The van der Waals surface area contributed by atoms with E-state index in [1.54, 1.807) is 19.2 Å². The maximum absolute atomic E-state index is 13.5. The standard InChI is InChI=1S/C23H28N2O4S/c1-29-18-8-4-2-6-16(18)22(28)21-17-7-3-5-9-19(17)30-23(21)24-20(27)14-25-12-10-15(26)11-13-25/h2,4,6,8,15,26H,3,5,7,9-14H2,1H3,(H,24,27). The zero-order valence-corrected chi connectivity index (χ0v) is 18.1. The number of hydrogen-bond donors (Lipinski definition) is 2. The Morgan fingerprint density at radius 2 is 1.93 bits per heavy atom. The van der Waals surface area contributed by atoms with Gasteiger partial charge in [0.1, 0.15) is 10.8 Å². The van der Waals surface area contributed by atoms with Crippen molar-refractivity contribution >= 4 is 28.0 Å². The van der Waals surface area contributed by atoms with Crippen LogP contribution in [0.25, 0.3) is 0 Å². The van der Waals surface area contributed by atoms with E-state index in [9.17, 15) is 14.7 Å². The third-order valence-electron chi connectivity index (χ3n) is 5.93. The molecule has 0 saturated carbocycles. The number of nitrogens with one attached hydrogen (secondary N) is 1. The molecule has 0 atom stereocenters. The summed E-state index contributed by atoms with van der Waals surface area (Å²) in [5, 5.41) is 13.3. The van der Waals surface area contributed by atoms with E-state index in [4.69, 9.17) is 4.74 Å². The average molecular weight is 429 g/mol. The van der Waals surface area contributed by atoms with Gasteiger partial charge in [0.25, 0.3) is 0 Å². The maximum Gasteiger partial charge on any atom is 0.239 e. The van der Waals surface area contributed by atoms with Gasteiger partial charge in [0.05, 0.1) is 30.9 Å². The molecule has 4 rings (SSSR count). The zero-order valence-electron chi connectivity index (χ0n) is 17.3. The number of thiophene rings is 1. The number of fused-ring (bicyclic) bond motifs is 1. The quantitative estimate of drug-likeness (QED) is 0.691. The Balaban J connectivity index is 1.59. The Labute approximate surface area is 180 Å². The molecule has 1 aliphatic carbocycles. The molecule has 0 bridgehead atoms. The summed E-state index contributed by atoms with van der Waals surface area (Å²) < 4.78 is 5.41. The predicted molar refractivity (Wildman–Crippen MR) is 118 cm³/mol. The number of para-hydroxylation sites is 1. The summed E-state index contributed by atoms with van der Waals surface area (Å²) in [6, 6.07) is 7.24. The number of methoxy groups -OCH3 is 1. The van der Waals surface area contributed by atoms with E-state index in [2.05, 4.69) is 10.2 Å². The number of aliphatic hydroxyl groups is 1. The number of carbonyl (C=O) groups excluding carboxylic acids is 2. The summed E-state index contributed by atoms with van der Waals surface area (Å²) in [7, 11) is 1.56. The molecule has 2 aromatic rings. The molecule has 0 spiro atoms. The Bertz CT molecular complexity index is 931. The van der Waals surface area contributed by atoms with E-state index in [1.807, 2.05) is 12.1 Å². The minimum absolute atomic E-state index is 0.0942. The van der Waals surface area contributed by atoms with Gasteiger partial charge in [0.2, 0.25) is 5.91 Å². The van der Waals surface area contributed by atoms with Crippen molar-refractivity contribution in [1.82, 2.24) is 4.90 Å². The van der Waals surface area contributed by atoms with Crippen LogP contribution < -0.4 is 10.1 Å². The number of amides is 1. The lowest BCUT2D eigenvalue weighted by atomic mass is 9.91. The molecule has 0 radical (unpaired) electrons. The summed E-state index contributed by atoms with van der Waals surface area (Å²) in [5.41, 5.74) is 2.23. The van der Waals surface area contributed by atoms with Gasteiger partial charge in [-0.3, -0.25) is 14.5 Å². The molecular formula is C23H28N2O4S. The first-order chi connectivity index (χ1) is 14.6. The van der Waals surface area contributed by atoms with Crippen LogP contribution in [0.15, 0.2) is 24.3 Å². The van der Waals surface area contributed by atoms with E-state index in [1.165, 1.54) is 16.2 Å². The third kappa shape index (κ3) is 4.43. The number of ether oxygens (including phenoxy) is 1. The maximum atomic E-state index is 13.5. The highest BCUT2D eigenvalue weighted by molar-refractivity contribution is 7.17. The smallest absolute Gasteiger partial charge is 0.239 e. The second-order valence-electron chi connectivity index (χ2n) is 8.00. The second-order valence-corrected chi connectivity index (χ2v) is 9.11. The van der Waals surface area contributed by atoms with Crippen LogP contribution >= 0.6 is 11.3 Å². The van der Waals surface area contributed by atoms with Gasteiger partial charge in [-0.2, -0.15) is 0 Å². The molecule has 1 aromatic heterocycles. The van der Waals surface area contributed by atoms with Crippen molar-refractivity contribution in [3.8, 4) is 5.75 Å². The van der Waals surface area contributed by atoms with Gasteiger partial charge in [-0.05, 0) is 56.2 Å². The lowest BCUT2D eigenvalue weighted by molar-refractivity contribution is -0.117. The van der Waals surface area contributed by atoms with Crippen LogP contribution in [0, 0.1) is 0 Å². The van der Waals surface area contributed by atoms with Gasteiger partial charge in [0.15, 0.2) is 5.78 Å². The van der Waals surface area contributed by atoms with Crippen LogP contribution in [0.4, 0.5) is 5.00 Å². The Morgan fingerprint density at radius 3 is 2.70 bits per heavy atom. The van der Waals surface area contributed by atoms with Crippen molar-refractivity contribution in [1.29, 1.82) is 0 Å². The monoisotopic (exact) mass is 428 g/mol. The average Bonchev–Trinajstić information content (AvgIpc) is 3.12. The number of carbonyl (C=O) groups is 2. The number of hydrogen-bond acceptors (Lipinski definition) is 6. The number of rotatable bonds is 6. The number of benzene rings is 1. The number of likely N-dealkylation sites (tertiary alicyclic amines) is 1. The fourth-order valence-corrected chi connectivity index (χ4v) is 5.61. The molecule has 1 amide bonds. The second kappa shape index (κ2) is 9.29. The predicted octanol–water partition coefficient (Wildman–Crippen LogP) is 3.26. The zero-order chi connectivity index (χ0) is 21.1. The molecule has 1 fully saturated rings. The normalized spacial score (nSPS) is 17.4. The van der Waals surface area contributed by atoms with Crippen LogP contribution in [0.3, 0.4) is 0 Å². The Morgan fingerprint density at radius 1 is 1.20 bits per heavy atom. The van der Waals surface area contributed by atoms with Crippen molar-refractivity contribution in [2.45, 2.75) is 44.6 Å². The van der Waals surface area contributed by atoms with Crippen molar-refractivity contribution < 1.29 is 19.4 Å².